The Labute approximate surface area is 107 Å². The summed E-state index contributed by atoms with van der Waals surface area (Å²) in [6.45, 7) is 3.78. The average Bonchev–Trinajstić information content (AvgIpc) is 2.29. The molecule has 5 N–H and O–H groups in total. The molecule has 0 spiro atoms. The van der Waals surface area contributed by atoms with Gasteiger partial charge in [-0.15, -0.1) is 0 Å². The van der Waals surface area contributed by atoms with Crippen LogP contribution in [0.4, 0.5) is 5.69 Å². The fourth-order valence-electron chi connectivity index (χ4n) is 1.44. The average molecular weight is 249 g/mol. The van der Waals surface area contributed by atoms with Crippen LogP contribution in [0.3, 0.4) is 0 Å². The summed E-state index contributed by atoms with van der Waals surface area (Å²) in [4.78, 5) is 22.4. The number of carbonyl (C=O) groups excluding carboxylic acids is 2. The second kappa shape index (κ2) is 6.16. The second-order valence-corrected chi connectivity index (χ2v) is 4.60. The summed E-state index contributed by atoms with van der Waals surface area (Å²) in [5, 5.41) is 2.72. The lowest BCUT2D eigenvalue weighted by molar-refractivity contribution is -0.118. The zero-order chi connectivity index (χ0) is 13.7. The van der Waals surface area contributed by atoms with Crippen LogP contribution in [-0.4, -0.2) is 17.9 Å². The molecule has 98 valence electrons. The van der Waals surface area contributed by atoms with Crippen molar-refractivity contribution in [2.75, 3.05) is 5.32 Å². The number of benzene rings is 1. The largest absolute Gasteiger partial charge is 0.369 e. The van der Waals surface area contributed by atoms with Crippen LogP contribution in [0.2, 0.25) is 0 Å². The molecule has 0 aliphatic carbocycles. The van der Waals surface area contributed by atoms with Gasteiger partial charge in [0.25, 0.3) is 0 Å². The van der Waals surface area contributed by atoms with Crippen molar-refractivity contribution in [3.63, 3.8) is 0 Å². The van der Waals surface area contributed by atoms with Crippen LogP contribution in [0.25, 0.3) is 0 Å². The van der Waals surface area contributed by atoms with Crippen LogP contribution in [0.15, 0.2) is 24.3 Å². The van der Waals surface area contributed by atoms with Gasteiger partial charge in [0.1, 0.15) is 0 Å². The molecule has 0 radical (unpaired) electrons. The summed E-state index contributed by atoms with van der Waals surface area (Å²) >= 11 is 0. The van der Waals surface area contributed by atoms with E-state index < -0.39 is 6.04 Å². The Kier molecular flexibility index (Phi) is 4.85. The quantitative estimate of drug-likeness (QED) is 0.714. The van der Waals surface area contributed by atoms with Crippen LogP contribution in [0.1, 0.15) is 19.4 Å². The van der Waals surface area contributed by atoms with Gasteiger partial charge in [-0.3, -0.25) is 9.59 Å². The molecule has 0 fully saturated rings. The summed E-state index contributed by atoms with van der Waals surface area (Å²) in [7, 11) is 0. The smallest absolute Gasteiger partial charge is 0.241 e. The normalized spacial score (nSPS) is 12.2. The highest BCUT2D eigenvalue weighted by Gasteiger charge is 2.16. The van der Waals surface area contributed by atoms with E-state index in [0.717, 1.165) is 5.56 Å². The number of nitrogens with one attached hydrogen (secondary N) is 1. The number of carbonyl (C=O) groups is 2. The molecule has 1 rings (SSSR count). The van der Waals surface area contributed by atoms with Crippen molar-refractivity contribution in [2.24, 2.45) is 17.4 Å². The molecule has 0 aromatic heterocycles. The third-order valence-corrected chi connectivity index (χ3v) is 2.62. The van der Waals surface area contributed by atoms with Gasteiger partial charge in [0, 0.05) is 5.69 Å². The van der Waals surface area contributed by atoms with E-state index in [0.29, 0.717) is 5.69 Å². The monoisotopic (exact) mass is 249 g/mol. The van der Waals surface area contributed by atoms with Gasteiger partial charge >= 0.3 is 0 Å². The predicted octanol–water partition coefficient (Wildman–Crippen LogP) is 0.636. The van der Waals surface area contributed by atoms with E-state index in [9.17, 15) is 9.59 Å². The van der Waals surface area contributed by atoms with Gasteiger partial charge in [0.05, 0.1) is 12.5 Å². The van der Waals surface area contributed by atoms with Crippen LogP contribution in [-0.2, 0) is 16.0 Å². The summed E-state index contributed by atoms with van der Waals surface area (Å²) < 4.78 is 0. The minimum absolute atomic E-state index is 0.0825. The summed E-state index contributed by atoms with van der Waals surface area (Å²) in [5.41, 5.74) is 12.3. The first kappa shape index (κ1) is 14.2. The maximum atomic E-state index is 11.7. The van der Waals surface area contributed by atoms with Crippen LogP contribution >= 0.6 is 0 Å². The van der Waals surface area contributed by atoms with Crippen molar-refractivity contribution in [3.05, 3.63) is 29.8 Å². The highest BCUT2D eigenvalue weighted by Crippen LogP contribution is 2.11. The molecule has 0 unspecified atom stereocenters. The SMILES string of the molecule is CC(C)[C@@H](N)C(=O)Nc1ccc(CC(N)=O)cc1. The van der Waals surface area contributed by atoms with Gasteiger partial charge < -0.3 is 16.8 Å². The Balaban J connectivity index is 2.63. The van der Waals surface area contributed by atoms with Crippen molar-refractivity contribution < 1.29 is 9.59 Å². The Morgan fingerprint density at radius 2 is 1.78 bits per heavy atom. The van der Waals surface area contributed by atoms with Gasteiger partial charge in [-0.2, -0.15) is 0 Å². The Hall–Kier alpha value is -1.88. The van der Waals surface area contributed by atoms with E-state index in [4.69, 9.17) is 11.5 Å². The van der Waals surface area contributed by atoms with E-state index in [1.54, 1.807) is 24.3 Å². The number of anilines is 1. The van der Waals surface area contributed by atoms with Gasteiger partial charge in [0.2, 0.25) is 11.8 Å². The first-order valence-electron chi connectivity index (χ1n) is 5.84. The third kappa shape index (κ3) is 4.18. The molecule has 1 atom stereocenters. The first-order chi connectivity index (χ1) is 8.40. The molecular weight excluding hydrogens is 230 g/mol. The Morgan fingerprint density at radius 3 is 2.22 bits per heavy atom. The summed E-state index contributed by atoms with van der Waals surface area (Å²) in [6.07, 6.45) is 0.194. The van der Waals surface area contributed by atoms with Crippen LogP contribution in [0.5, 0.6) is 0 Å². The van der Waals surface area contributed by atoms with Crippen molar-refractivity contribution in [1.82, 2.24) is 0 Å². The molecule has 1 aromatic carbocycles. The minimum atomic E-state index is -0.532. The summed E-state index contributed by atoms with van der Waals surface area (Å²) in [5.74, 6) is -0.514. The lowest BCUT2D eigenvalue weighted by Gasteiger charge is -2.15. The minimum Gasteiger partial charge on any atom is -0.369 e. The molecule has 1 aromatic rings. The lowest BCUT2D eigenvalue weighted by atomic mass is 10.0. The molecule has 0 heterocycles. The first-order valence-corrected chi connectivity index (χ1v) is 5.84. The zero-order valence-electron chi connectivity index (χ0n) is 10.6. The standard InChI is InChI=1S/C13H19N3O2/c1-8(2)12(15)13(18)16-10-5-3-9(4-6-10)7-11(14)17/h3-6,8,12H,7,15H2,1-2H3,(H2,14,17)(H,16,18)/t12-/m1/s1. The van der Waals surface area contributed by atoms with E-state index in [-0.39, 0.29) is 24.2 Å². The highest BCUT2D eigenvalue weighted by molar-refractivity contribution is 5.94. The molecular formula is C13H19N3O2. The van der Waals surface area contributed by atoms with Crippen molar-refractivity contribution in [1.29, 1.82) is 0 Å². The van der Waals surface area contributed by atoms with Gasteiger partial charge in [-0.05, 0) is 23.6 Å². The fourth-order valence-corrected chi connectivity index (χ4v) is 1.44. The van der Waals surface area contributed by atoms with Gasteiger partial charge in [-0.1, -0.05) is 26.0 Å². The fraction of sp³-hybridized carbons (Fsp3) is 0.385. The molecule has 0 saturated carbocycles. The number of amides is 2. The molecule has 18 heavy (non-hydrogen) atoms. The van der Waals surface area contributed by atoms with Crippen LogP contribution in [0, 0.1) is 5.92 Å². The Bertz CT molecular complexity index is 426. The maximum absolute atomic E-state index is 11.7. The van der Waals surface area contributed by atoms with Crippen molar-refractivity contribution in [3.8, 4) is 0 Å². The van der Waals surface area contributed by atoms with Crippen molar-refractivity contribution >= 4 is 17.5 Å². The topological polar surface area (TPSA) is 98.2 Å². The molecule has 0 bridgehead atoms. The molecule has 5 heteroatoms. The molecule has 2 amide bonds. The lowest BCUT2D eigenvalue weighted by Crippen LogP contribution is -2.39. The number of nitrogens with two attached hydrogens (primary N) is 2. The number of hydrogen-bond donors (Lipinski definition) is 3. The van der Waals surface area contributed by atoms with E-state index in [1.165, 1.54) is 0 Å². The highest BCUT2D eigenvalue weighted by atomic mass is 16.2. The van der Waals surface area contributed by atoms with E-state index in [2.05, 4.69) is 5.32 Å². The molecule has 5 nitrogen and oxygen atoms in total. The van der Waals surface area contributed by atoms with Gasteiger partial charge in [0.15, 0.2) is 0 Å². The molecule has 0 aliphatic heterocycles. The predicted molar refractivity (Wildman–Crippen MR) is 70.8 cm³/mol. The molecule has 0 saturated heterocycles. The zero-order valence-corrected chi connectivity index (χ0v) is 10.6. The van der Waals surface area contributed by atoms with E-state index in [1.807, 2.05) is 13.8 Å². The second-order valence-electron chi connectivity index (χ2n) is 4.60. The van der Waals surface area contributed by atoms with Gasteiger partial charge in [-0.25, -0.2) is 0 Å². The summed E-state index contributed by atoms with van der Waals surface area (Å²) in [6, 6.07) is 6.42. The molecule has 0 aliphatic rings. The number of primary amides is 1. The maximum Gasteiger partial charge on any atom is 0.241 e. The van der Waals surface area contributed by atoms with Crippen molar-refractivity contribution in [2.45, 2.75) is 26.3 Å². The number of rotatable bonds is 5. The number of hydrogen-bond acceptors (Lipinski definition) is 3. The van der Waals surface area contributed by atoms with E-state index >= 15 is 0 Å². The van der Waals surface area contributed by atoms with Crippen LogP contribution < -0.4 is 16.8 Å². The Morgan fingerprint density at radius 1 is 1.22 bits per heavy atom. The third-order valence-electron chi connectivity index (χ3n) is 2.62.